The Morgan fingerprint density at radius 1 is 1.25 bits per heavy atom. The number of thioether (sulfide) groups is 1. The number of hydrogen-bond donors (Lipinski definition) is 1. The van der Waals surface area contributed by atoms with Crippen LogP contribution in [0.3, 0.4) is 0 Å². The molecule has 2 aliphatic carbocycles. The molecular formula is C17H24ClNS. The van der Waals surface area contributed by atoms with Crippen molar-refractivity contribution in [2.45, 2.75) is 68.2 Å². The zero-order chi connectivity index (χ0) is 13.9. The summed E-state index contributed by atoms with van der Waals surface area (Å²) in [4.78, 5) is 1.26. The average molecular weight is 310 g/mol. The molecule has 3 heteroatoms. The Labute approximate surface area is 131 Å². The van der Waals surface area contributed by atoms with Crippen molar-refractivity contribution in [1.82, 2.24) is 5.32 Å². The lowest BCUT2D eigenvalue weighted by Crippen LogP contribution is -2.15. The van der Waals surface area contributed by atoms with E-state index in [1.165, 1.54) is 49.0 Å². The summed E-state index contributed by atoms with van der Waals surface area (Å²) in [6.07, 6.45) is 8.13. The summed E-state index contributed by atoms with van der Waals surface area (Å²) in [5.41, 5.74) is 1.31. The molecule has 1 N–H and O–H groups in total. The predicted octanol–water partition coefficient (Wildman–Crippen LogP) is 5.26. The third kappa shape index (κ3) is 4.16. The maximum atomic E-state index is 6.47. The minimum atomic E-state index is 0.756. The van der Waals surface area contributed by atoms with E-state index < -0.39 is 0 Å². The van der Waals surface area contributed by atoms with Crippen LogP contribution in [0.5, 0.6) is 0 Å². The van der Waals surface area contributed by atoms with Crippen molar-refractivity contribution >= 4 is 23.4 Å². The Kier molecular flexibility index (Phi) is 4.95. The van der Waals surface area contributed by atoms with Crippen molar-refractivity contribution < 1.29 is 0 Å². The van der Waals surface area contributed by atoms with E-state index in [-0.39, 0.29) is 0 Å². The van der Waals surface area contributed by atoms with E-state index in [1.807, 2.05) is 11.8 Å². The molecule has 2 fully saturated rings. The predicted molar refractivity (Wildman–Crippen MR) is 88.6 cm³/mol. The summed E-state index contributed by atoms with van der Waals surface area (Å²) in [6, 6.07) is 7.35. The second-order valence-electron chi connectivity index (χ2n) is 6.43. The van der Waals surface area contributed by atoms with Gasteiger partial charge in [0.05, 0.1) is 5.02 Å². The van der Waals surface area contributed by atoms with Gasteiger partial charge in [-0.1, -0.05) is 37.4 Å². The maximum Gasteiger partial charge on any atom is 0.0545 e. The minimum absolute atomic E-state index is 0.756. The molecule has 3 rings (SSSR count). The fraction of sp³-hybridized carbons (Fsp3) is 0.647. The van der Waals surface area contributed by atoms with Crippen molar-refractivity contribution in [2.75, 3.05) is 0 Å². The van der Waals surface area contributed by atoms with Crippen LogP contribution in [0.4, 0.5) is 0 Å². The molecule has 1 aromatic carbocycles. The van der Waals surface area contributed by atoms with Gasteiger partial charge < -0.3 is 5.32 Å². The highest BCUT2D eigenvalue weighted by Gasteiger charge is 2.21. The Morgan fingerprint density at radius 3 is 2.80 bits per heavy atom. The first-order valence-corrected chi connectivity index (χ1v) is 9.15. The van der Waals surface area contributed by atoms with E-state index in [4.69, 9.17) is 11.6 Å². The van der Waals surface area contributed by atoms with Crippen LogP contribution in [0.25, 0.3) is 0 Å². The van der Waals surface area contributed by atoms with Gasteiger partial charge in [0.25, 0.3) is 0 Å². The van der Waals surface area contributed by atoms with Gasteiger partial charge in [-0.25, -0.2) is 0 Å². The molecule has 2 saturated carbocycles. The van der Waals surface area contributed by atoms with Gasteiger partial charge in [0.2, 0.25) is 0 Å². The highest BCUT2D eigenvalue weighted by Crippen LogP contribution is 2.39. The molecule has 0 radical (unpaired) electrons. The lowest BCUT2D eigenvalue weighted by atomic mass is 9.91. The van der Waals surface area contributed by atoms with Crippen molar-refractivity contribution in [3.05, 3.63) is 28.8 Å². The number of benzene rings is 1. The van der Waals surface area contributed by atoms with Gasteiger partial charge in [-0.2, -0.15) is 0 Å². The summed E-state index contributed by atoms with van der Waals surface area (Å²) in [5, 5.41) is 5.23. The van der Waals surface area contributed by atoms with Crippen LogP contribution in [0.2, 0.25) is 5.02 Å². The Hall–Kier alpha value is -0.180. The molecule has 0 aliphatic heterocycles. The van der Waals surface area contributed by atoms with Crippen molar-refractivity contribution in [3.8, 4) is 0 Å². The largest absolute Gasteiger partial charge is 0.310 e. The van der Waals surface area contributed by atoms with Crippen molar-refractivity contribution in [1.29, 1.82) is 0 Å². The van der Waals surface area contributed by atoms with Crippen LogP contribution in [-0.4, -0.2) is 11.3 Å². The van der Waals surface area contributed by atoms with Gasteiger partial charge in [0.1, 0.15) is 0 Å². The second-order valence-corrected chi connectivity index (χ2v) is 8.18. The number of hydrogen-bond acceptors (Lipinski definition) is 2. The Bertz CT molecular complexity index is 458. The van der Waals surface area contributed by atoms with Gasteiger partial charge in [-0.05, 0) is 49.3 Å². The van der Waals surface area contributed by atoms with Crippen LogP contribution < -0.4 is 5.32 Å². The Morgan fingerprint density at radius 2 is 2.10 bits per heavy atom. The van der Waals surface area contributed by atoms with Gasteiger partial charge in [0, 0.05) is 22.7 Å². The highest BCUT2D eigenvalue weighted by atomic mass is 35.5. The first kappa shape index (κ1) is 14.7. The molecule has 20 heavy (non-hydrogen) atoms. The molecule has 2 atom stereocenters. The lowest BCUT2D eigenvalue weighted by Gasteiger charge is -2.26. The van der Waals surface area contributed by atoms with Gasteiger partial charge >= 0.3 is 0 Å². The molecule has 2 aliphatic rings. The summed E-state index contributed by atoms with van der Waals surface area (Å²) >= 11 is 8.46. The van der Waals surface area contributed by atoms with E-state index in [9.17, 15) is 0 Å². The zero-order valence-corrected chi connectivity index (χ0v) is 13.8. The van der Waals surface area contributed by atoms with Crippen LogP contribution in [0.15, 0.2) is 23.1 Å². The molecule has 0 amide bonds. The summed E-state index contributed by atoms with van der Waals surface area (Å²) in [6.45, 7) is 3.33. The van der Waals surface area contributed by atoms with E-state index in [0.717, 1.165) is 28.8 Å². The number of rotatable bonds is 5. The third-order valence-electron chi connectivity index (χ3n) is 4.35. The van der Waals surface area contributed by atoms with Gasteiger partial charge in [-0.3, -0.25) is 0 Å². The zero-order valence-electron chi connectivity index (χ0n) is 12.2. The number of halogens is 1. The standard InChI is InChI=1S/C17H24ClNS/c1-12-3-2-4-15(9-12)20-17-8-5-13(10-16(17)18)11-19-14-6-7-14/h5,8,10,12,14-15,19H,2-4,6-7,9,11H2,1H3. The monoisotopic (exact) mass is 309 g/mol. The van der Waals surface area contributed by atoms with Crippen molar-refractivity contribution in [2.24, 2.45) is 5.92 Å². The molecule has 110 valence electrons. The molecule has 1 aromatic rings. The topological polar surface area (TPSA) is 12.0 Å². The van der Waals surface area contributed by atoms with E-state index in [2.05, 4.69) is 30.4 Å². The SMILES string of the molecule is CC1CCCC(Sc2ccc(CNC3CC3)cc2Cl)C1. The van der Waals surface area contributed by atoms with Gasteiger partial charge in [0.15, 0.2) is 0 Å². The molecule has 0 bridgehead atoms. The first-order chi connectivity index (χ1) is 9.70. The van der Waals surface area contributed by atoms with E-state index in [1.54, 1.807) is 0 Å². The fourth-order valence-electron chi connectivity index (χ4n) is 2.96. The molecule has 0 saturated heterocycles. The lowest BCUT2D eigenvalue weighted by molar-refractivity contribution is 0.394. The van der Waals surface area contributed by atoms with E-state index >= 15 is 0 Å². The second kappa shape index (κ2) is 6.72. The average Bonchev–Trinajstić information content (AvgIpc) is 3.23. The van der Waals surface area contributed by atoms with Crippen LogP contribution in [0.1, 0.15) is 51.0 Å². The molecular weight excluding hydrogens is 286 g/mol. The normalized spacial score (nSPS) is 26.7. The fourth-order valence-corrected chi connectivity index (χ4v) is 4.69. The molecule has 2 unspecified atom stereocenters. The van der Waals surface area contributed by atoms with Crippen LogP contribution >= 0.6 is 23.4 Å². The maximum absolute atomic E-state index is 6.47. The molecule has 0 heterocycles. The highest BCUT2D eigenvalue weighted by molar-refractivity contribution is 8.00. The smallest absolute Gasteiger partial charge is 0.0545 e. The van der Waals surface area contributed by atoms with Gasteiger partial charge in [-0.15, -0.1) is 11.8 Å². The van der Waals surface area contributed by atoms with Crippen molar-refractivity contribution in [3.63, 3.8) is 0 Å². The summed E-state index contributed by atoms with van der Waals surface area (Å²) in [7, 11) is 0. The van der Waals surface area contributed by atoms with Crippen LogP contribution in [0, 0.1) is 5.92 Å². The summed E-state index contributed by atoms with van der Waals surface area (Å²) < 4.78 is 0. The quantitative estimate of drug-likeness (QED) is 0.796. The molecule has 1 nitrogen and oxygen atoms in total. The van der Waals surface area contributed by atoms with Crippen LogP contribution in [-0.2, 0) is 6.54 Å². The first-order valence-electron chi connectivity index (χ1n) is 7.89. The number of nitrogens with one attached hydrogen (secondary N) is 1. The Balaban J connectivity index is 1.58. The third-order valence-corrected chi connectivity index (χ3v) is 6.15. The van der Waals surface area contributed by atoms with E-state index in [0.29, 0.717) is 0 Å². The summed E-state index contributed by atoms with van der Waals surface area (Å²) in [5.74, 6) is 0.877. The molecule has 0 aromatic heterocycles. The minimum Gasteiger partial charge on any atom is -0.310 e. The molecule has 0 spiro atoms.